The van der Waals surface area contributed by atoms with Crippen molar-refractivity contribution in [3.05, 3.63) is 60.8 Å². The fraction of sp³-hybridized carbons (Fsp3) is 0.389. The summed E-state index contributed by atoms with van der Waals surface area (Å²) in [5.74, 6) is 0.265. The number of fused-ring (bicyclic) bond motifs is 1. The molecule has 0 bridgehead atoms. The van der Waals surface area contributed by atoms with Crippen LogP contribution in [-0.4, -0.2) is 33.7 Å². The van der Waals surface area contributed by atoms with E-state index in [0.29, 0.717) is 6.54 Å². The molecule has 2 aromatic rings. The molecule has 0 atom stereocenters. The van der Waals surface area contributed by atoms with Crippen molar-refractivity contribution in [1.82, 2.24) is 14.0 Å². The number of nitriles is 1. The van der Waals surface area contributed by atoms with Crippen LogP contribution in [0.2, 0.25) is 5.02 Å². The van der Waals surface area contributed by atoms with Crippen molar-refractivity contribution < 1.29 is 0 Å². The van der Waals surface area contributed by atoms with Gasteiger partial charge in [0.25, 0.3) is 5.56 Å². The Balaban J connectivity index is 1.71. The molecule has 0 saturated carbocycles. The highest BCUT2D eigenvalue weighted by Crippen LogP contribution is 2.25. The van der Waals surface area contributed by atoms with E-state index in [2.05, 4.69) is 16.3 Å². The molecule has 0 aliphatic carbocycles. The van der Waals surface area contributed by atoms with Crippen LogP contribution in [0.1, 0.15) is 16.7 Å². The highest BCUT2D eigenvalue weighted by Gasteiger charge is 2.19. The highest BCUT2D eigenvalue weighted by molar-refractivity contribution is 6.31. The number of rotatable bonds is 4. The molecule has 1 aromatic carbocycles. The van der Waals surface area contributed by atoms with Gasteiger partial charge in [0.05, 0.1) is 0 Å². The fourth-order valence-electron chi connectivity index (χ4n) is 3.30. The lowest BCUT2D eigenvalue weighted by Gasteiger charge is -2.29. The van der Waals surface area contributed by atoms with Gasteiger partial charge in [-0.3, -0.25) is 18.8 Å². The third-order valence-electron chi connectivity index (χ3n) is 4.78. The first kappa shape index (κ1) is 18.2. The second-order valence-corrected chi connectivity index (χ2v) is 6.78. The number of aromatic nitrogens is 2. The maximum Gasteiger partial charge on any atom is 0.332 e. The van der Waals surface area contributed by atoms with E-state index in [4.69, 9.17) is 11.6 Å². The molecule has 3 rings (SSSR count). The number of nitrogens with one attached hydrogen (secondary N) is 1. The molecule has 0 saturated heterocycles. The molecular formula is C18H20ClN5O2. The lowest BCUT2D eigenvalue weighted by atomic mass is 10.00. The molecule has 0 fully saturated rings. The largest absolute Gasteiger partial charge is 0.369 e. The minimum Gasteiger partial charge on any atom is -0.369 e. The van der Waals surface area contributed by atoms with E-state index < -0.39 is 11.2 Å². The first-order valence-corrected chi connectivity index (χ1v) is 8.74. The molecule has 26 heavy (non-hydrogen) atoms. The summed E-state index contributed by atoms with van der Waals surface area (Å²) in [6.45, 7) is 2.93. The maximum atomic E-state index is 12.1. The van der Waals surface area contributed by atoms with Crippen LogP contribution < -0.4 is 16.6 Å². The average molecular weight is 374 g/mol. The van der Waals surface area contributed by atoms with Gasteiger partial charge in [0.2, 0.25) is 0 Å². The van der Waals surface area contributed by atoms with E-state index >= 15 is 0 Å². The van der Waals surface area contributed by atoms with Gasteiger partial charge in [-0.25, -0.2) is 4.79 Å². The van der Waals surface area contributed by atoms with Crippen molar-refractivity contribution in [3.8, 4) is 6.07 Å². The normalized spacial score (nSPS) is 13.9. The number of hydrogen-bond acceptors (Lipinski definition) is 5. The zero-order chi connectivity index (χ0) is 18.8. The zero-order valence-electron chi connectivity index (χ0n) is 14.8. The van der Waals surface area contributed by atoms with Gasteiger partial charge >= 0.3 is 5.69 Å². The SMILES string of the molecule is Cn1c(NCCN2CCc3c(Cl)cccc3C2)c(C#N)c(=O)n(C)c1=O. The molecule has 1 N–H and O–H groups in total. The predicted molar refractivity (Wildman–Crippen MR) is 101 cm³/mol. The summed E-state index contributed by atoms with van der Waals surface area (Å²) in [7, 11) is 2.91. The van der Waals surface area contributed by atoms with Crippen LogP contribution in [0, 0.1) is 11.3 Å². The summed E-state index contributed by atoms with van der Waals surface area (Å²) < 4.78 is 2.24. The first-order chi connectivity index (χ1) is 12.4. The number of nitrogens with zero attached hydrogens (tertiary/aromatic N) is 4. The highest BCUT2D eigenvalue weighted by atomic mass is 35.5. The van der Waals surface area contributed by atoms with Gasteiger partial charge in [-0.05, 0) is 23.6 Å². The molecule has 8 heteroatoms. The van der Waals surface area contributed by atoms with Crippen molar-refractivity contribution in [2.75, 3.05) is 25.0 Å². The van der Waals surface area contributed by atoms with E-state index in [1.54, 1.807) is 7.05 Å². The van der Waals surface area contributed by atoms with Gasteiger partial charge in [-0.15, -0.1) is 0 Å². The Morgan fingerprint density at radius 2 is 2.04 bits per heavy atom. The summed E-state index contributed by atoms with van der Waals surface area (Å²) in [6.07, 6.45) is 0.892. The quantitative estimate of drug-likeness (QED) is 0.867. The average Bonchev–Trinajstić information content (AvgIpc) is 2.64. The lowest BCUT2D eigenvalue weighted by Crippen LogP contribution is -2.40. The molecule has 0 spiro atoms. The number of benzene rings is 1. The van der Waals surface area contributed by atoms with Gasteiger partial charge < -0.3 is 5.32 Å². The van der Waals surface area contributed by atoms with Gasteiger partial charge in [0.15, 0.2) is 5.56 Å². The van der Waals surface area contributed by atoms with E-state index in [1.165, 1.54) is 22.7 Å². The molecule has 136 valence electrons. The van der Waals surface area contributed by atoms with Crippen LogP contribution in [0.15, 0.2) is 27.8 Å². The Labute approximate surface area is 156 Å². The number of halogens is 1. The predicted octanol–water partition coefficient (Wildman–Crippen LogP) is 1.08. The van der Waals surface area contributed by atoms with Crippen LogP contribution in [0.25, 0.3) is 0 Å². The van der Waals surface area contributed by atoms with Crippen molar-refractivity contribution >= 4 is 17.4 Å². The molecule has 0 unspecified atom stereocenters. The Hall–Kier alpha value is -2.56. The van der Waals surface area contributed by atoms with Crippen LogP contribution in [-0.2, 0) is 27.1 Å². The van der Waals surface area contributed by atoms with Gasteiger partial charge in [0.1, 0.15) is 11.9 Å². The Kier molecular flexibility index (Phi) is 5.16. The van der Waals surface area contributed by atoms with E-state index in [-0.39, 0.29) is 11.4 Å². The molecule has 2 heterocycles. The number of anilines is 1. The minimum absolute atomic E-state index is 0.0506. The molecular weight excluding hydrogens is 354 g/mol. The third kappa shape index (κ3) is 3.26. The van der Waals surface area contributed by atoms with Crippen molar-refractivity contribution in [3.63, 3.8) is 0 Å². The summed E-state index contributed by atoms with van der Waals surface area (Å²) in [5, 5.41) is 13.2. The van der Waals surface area contributed by atoms with E-state index in [1.807, 2.05) is 18.2 Å². The third-order valence-corrected chi connectivity index (χ3v) is 5.14. The van der Waals surface area contributed by atoms with Gasteiger partial charge in [-0.1, -0.05) is 23.7 Å². The summed E-state index contributed by atoms with van der Waals surface area (Å²) >= 11 is 6.24. The first-order valence-electron chi connectivity index (χ1n) is 8.36. The Morgan fingerprint density at radius 1 is 1.27 bits per heavy atom. The lowest BCUT2D eigenvalue weighted by molar-refractivity contribution is 0.264. The molecule has 1 aliphatic heterocycles. The van der Waals surface area contributed by atoms with Crippen LogP contribution >= 0.6 is 11.6 Å². The standard InChI is InChI=1S/C18H20ClN5O2/c1-22-16(14(10-20)17(25)23(2)18(22)26)21-7-9-24-8-6-13-12(11-24)4-3-5-15(13)19/h3-5,21H,6-9,11H2,1-2H3. The fourth-order valence-corrected chi connectivity index (χ4v) is 3.59. The van der Waals surface area contributed by atoms with Crippen LogP contribution in [0.3, 0.4) is 0 Å². The Bertz CT molecular complexity index is 1000. The van der Waals surface area contributed by atoms with Crippen molar-refractivity contribution in [2.24, 2.45) is 14.1 Å². The second-order valence-electron chi connectivity index (χ2n) is 6.37. The second kappa shape index (κ2) is 7.36. The van der Waals surface area contributed by atoms with E-state index in [9.17, 15) is 14.9 Å². The number of hydrogen-bond donors (Lipinski definition) is 1. The Morgan fingerprint density at radius 3 is 2.77 bits per heavy atom. The monoisotopic (exact) mass is 373 g/mol. The van der Waals surface area contributed by atoms with Gasteiger partial charge in [0, 0.05) is 45.3 Å². The minimum atomic E-state index is -0.584. The molecule has 7 nitrogen and oxygen atoms in total. The topological polar surface area (TPSA) is 83.1 Å². The summed E-state index contributed by atoms with van der Waals surface area (Å²) in [6, 6.07) is 7.85. The molecule has 0 amide bonds. The van der Waals surface area contributed by atoms with Crippen molar-refractivity contribution in [2.45, 2.75) is 13.0 Å². The summed E-state index contributed by atoms with van der Waals surface area (Å²) in [4.78, 5) is 26.4. The molecule has 1 aromatic heterocycles. The van der Waals surface area contributed by atoms with Gasteiger partial charge in [-0.2, -0.15) is 5.26 Å². The van der Waals surface area contributed by atoms with Crippen LogP contribution in [0.5, 0.6) is 0 Å². The zero-order valence-corrected chi connectivity index (χ0v) is 15.5. The maximum absolute atomic E-state index is 12.1. The molecule has 1 aliphatic rings. The molecule has 0 radical (unpaired) electrons. The van der Waals surface area contributed by atoms with Crippen LogP contribution in [0.4, 0.5) is 5.82 Å². The smallest absolute Gasteiger partial charge is 0.332 e. The summed E-state index contributed by atoms with van der Waals surface area (Å²) in [5.41, 5.74) is 1.34. The van der Waals surface area contributed by atoms with E-state index in [0.717, 1.165) is 35.6 Å². The van der Waals surface area contributed by atoms with Crippen molar-refractivity contribution in [1.29, 1.82) is 5.26 Å².